The van der Waals surface area contributed by atoms with Gasteiger partial charge in [-0.05, 0) is 18.2 Å². The van der Waals surface area contributed by atoms with E-state index in [9.17, 15) is 9.59 Å². The van der Waals surface area contributed by atoms with E-state index in [2.05, 4.69) is 10.2 Å². The maximum Gasteiger partial charge on any atom is 0.229 e. The van der Waals surface area contributed by atoms with Gasteiger partial charge in [-0.25, -0.2) is 0 Å². The predicted molar refractivity (Wildman–Crippen MR) is 103 cm³/mol. The number of piperazine rings is 1. The van der Waals surface area contributed by atoms with Crippen LogP contribution in [0.15, 0.2) is 18.2 Å². The van der Waals surface area contributed by atoms with Gasteiger partial charge in [-0.15, -0.1) is 0 Å². The molecule has 2 amide bonds. The van der Waals surface area contributed by atoms with Crippen molar-refractivity contribution >= 4 is 34.8 Å². The normalized spacial score (nSPS) is 15.5. The van der Waals surface area contributed by atoms with Crippen LogP contribution in [0, 0.1) is 11.3 Å². The summed E-state index contributed by atoms with van der Waals surface area (Å²) in [6.45, 7) is 12.3. The number of anilines is 2. The molecule has 138 valence electrons. The van der Waals surface area contributed by atoms with Gasteiger partial charge in [0.2, 0.25) is 11.8 Å². The SMILES string of the molecule is CC(C)C(=O)N1CCN(c2ccc(Cl)cc2NC(=O)C(C)(C)C)CC1. The van der Waals surface area contributed by atoms with Crippen LogP contribution in [0.1, 0.15) is 34.6 Å². The van der Waals surface area contributed by atoms with Crippen LogP contribution in [0.25, 0.3) is 0 Å². The number of rotatable bonds is 3. The third-order valence-electron chi connectivity index (χ3n) is 4.31. The molecule has 6 heteroatoms. The van der Waals surface area contributed by atoms with E-state index in [-0.39, 0.29) is 17.7 Å². The highest BCUT2D eigenvalue weighted by molar-refractivity contribution is 6.31. The molecule has 5 nitrogen and oxygen atoms in total. The molecule has 1 fully saturated rings. The molecular formula is C19H28ClN3O2. The first-order chi connectivity index (χ1) is 11.6. The van der Waals surface area contributed by atoms with E-state index in [4.69, 9.17) is 11.6 Å². The summed E-state index contributed by atoms with van der Waals surface area (Å²) in [5.74, 6) is 0.158. The van der Waals surface area contributed by atoms with Crippen molar-refractivity contribution in [3.8, 4) is 0 Å². The molecule has 0 atom stereocenters. The average molecular weight is 366 g/mol. The summed E-state index contributed by atoms with van der Waals surface area (Å²) in [5, 5.41) is 3.58. The Hall–Kier alpha value is -1.75. The van der Waals surface area contributed by atoms with Crippen molar-refractivity contribution < 1.29 is 9.59 Å². The molecule has 1 aromatic carbocycles. The minimum absolute atomic E-state index is 0.0173. The van der Waals surface area contributed by atoms with Crippen LogP contribution in [0.2, 0.25) is 5.02 Å². The highest BCUT2D eigenvalue weighted by atomic mass is 35.5. The Kier molecular flexibility index (Phi) is 5.99. The summed E-state index contributed by atoms with van der Waals surface area (Å²) >= 11 is 6.13. The quantitative estimate of drug-likeness (QED) is 0.889. The maximum absolute atomic E-state index is 12.4. The topological polar surface area (TPSA) is 52.7 Å². The monoisotopic (exact) mass is 365 g/mol. The number of amides is 2. The van der Waals surface area contributed by atoms with Gasteiger partial charge in [-0.2, -0.15) is 0 Å². The fourth-order valence-corrected chi connectivity index (χ4v) is 2.90. The summed E-state index contributed by atoms with van der Waals surface area (Å²) in [7, 11) is 0. The Morgan fingerprint density at radius 1 is 1.12 bits per heavy atom. The van der Waals surface area contributed by atoms with Crippen LogP contribution in [-0.4, -0.2) is 42.9 Å². The lowest BCUT2D eigenvalue weighted by atomic mass is 9.95. The third kappa shape index (κ3) is 4.88. The molecule has 1 saturated heterocycles. The Labute approximate surface area is 155 Å². The predicted octanol–water partition coefficient (Wildman–Crippen LogP) is 3.63. The lowest BCUT2D eigenvalue weighted by molar-refractivity contribution is -0.134. The highest BCUT2D eigenvalue weighted by Gasteiger charge is 2.26. The van der Waals surface area contributed by atoms with Crippen LogP contribution >= 0.6 is 11.6 Å². The molecular weight excluding hydrogens is 338 g/mol. The van der Waals surface area contributed by atoms with Gasteiger partial charge < -0.3 is 15.1 Å². The zero-order chi connectivity index (χ0) is 18.8. The number of hydrogen-bond donors (Lipinski definition) is 1. The highest BCUT2D eigenvalue weighted by Crippen LogP contribution is 2.31. The molecule has 0 bridgehead atoms. The van der Waals surface area contributed by atoms with Gasteiger partial charge in [-0.3, -0.25) is 9.59 Å². The Bertz CT molecular complexity index is 645. The average Bonchev–Trinajstić information content (AvgIpc) is 2.53. The zero-order valence-corrected chi connectivity index (χ0v) is 16.5. The van der Waals surface area contributed by atoms with Crippen molar-refractivity contribution in [2.75, 3.05) is 36.4 Å². The van der Waals surface area contributed by atoms with Gasteiger partial charge >= 0.3 is 0 Å². The summed E-state index contributed by atoms with van der Waals surface area (Å²) < 4.78 is 0. The summed E-state index contributed by atoms with van der Waals surface area (Å²) in [5.41, 5.74) is 1.18. The number of carbonyl (C=O) groups excluding carboxylic acids is 2. The minimum atomic E-state index is -0.484. The third-order valence-corrected chi connectivity index (χ3v) is 4.55. The molecule has 0 aliphatic carbocycles. The molecule has 1 N–H and O–H groups in total. The first-order valence-electron chi connectivity index (χ1n) is 8.74. The Balaban J connectivity index is 2.15. The molecule has 0 radical (unpaired) electrons. The van der Waals surface area contributed by atoms with E-state index in [0.717, 1.165) is 24.5 Å². The molecule has 0 saturated carbocycles. The van der Waals surface area contributed by atoms with E-state index in [1.807, 2.05) is 51.7 Å². The van der Waals surface area contributed by atoms with Crippen LogP contribution < -0.4 is 10.2 Å². The first-order valence-corrected chi connectivity index (χ1v) is 9.12. The lowest BCUT2D eigenvalue weighted by Gasteiger charge is -2.37. The molecule has 2 rings (SSSR count). The van der Waals surface area contributed by atoms with E-state index in [1.165, 1.54) is 0 Å². The second kappa shape index (κ2) is 7.65. The number of carbonyl (C=O) groups is 2. The molecule has 25 heavy (non-hydrogen) atoms. The minimum Gasteiger partial charge on any atom is -0.366 e. The Morgan fingerprint density at radius 3 is 2.24 bits per heavy atom. The van der Waals surface area contributed by atoms with Crippen molar-refractivity contribution in [2.24, 2.45) is 11.3 Å². The fourth-order valence-electron chi connectivity index (χ4n) is 2.73. The maximum atomic E-state index is 12.4. The number of nitrogens with one attached hydrogen (secondary N) is 1. The standard InChI is InChI=1S/C19H28ClN3O2/c1-13(2)17(24)23-10-8-22(9-11-23)16-7-6-14(20)12-15(16)21-18(25)19(3,4)5/h6-7,12-13H,8-11H2,1-5H3,(H,21,25). The van der Waals surface area contributed by atoms with Crippen molar-refractivity contribution in [2.45, 2.75) is 34.6 Å². The number of halogens is 1. The van der Waals surface area contributed by atoms with Gasteiger partial charge in [0.25, 0.3) is 0 Å². The van der Waals surface area contributed by atoms with Gasteiger partial charge in [0.05, 0.1) is 11.4 Å². The number of nitrogens with zero attached hydrogens (tertiary/aromatic N) is 2. The molecule has 0 unspecified atom stereocenters. The molecule has 1 aliphatic rings. The largest absolute Gasteiger partial charge is 0.366 e. The molecule has 0 spiro atoms. The van der Waals surface area contributed by atoms with Crippen molar-refractivity contribution in [3.05, 3.63) is 23.2 Å². The van der Waals surface area contributed by atoms with Crippen molar-refractivity contribution in [3.63, 3.8) is 0 Å². The van der Waals surface area contributed by atoms with Crippen LogP contribution in [0.5, 0.6) is 0 Å². The van der Waals surface area contributed by atoms with E-state index in [0.29, 0.717) is 18.1 Å². The second-order valence-corrected chi connectivity index (χ2v) is 8.27. The van der Waals surface area contributed by atoms with E-state index < -0.39 is 5.41 Å². The smallest absolute Gasteiger partial charge is 0.229 e. The number of hydrogen-bond acceptors (Lipinski definition) is 3. The van der Waals surface area contributed by atoms with Crippen LogP contribution in [0.3, 0.4) is 0 Å². The molecule has 1 heterocycles. The Morgan fingerprint density at radius 2 is 1.72 bits per heavy atom. The summed E-state index contributed by atoms with van der Waals surface area (Å²) in [4.78, 5) is 28.6. The molecule has 0 aromatic heterocycles. The lowest BCUT2D eigenvalue weighted by Crippen LogP contribution is -2.50. The van der Waals surface area contributed by atoms with Crippen molar-refractivity contribution in [1.82, 2.24) is 4.90 Å². The van der Waals surface area contributed by atoms with Gasteiger partial charge in [-0.1, -0.05) is 46.2 Å². The van der Waals surface area contributed by atoms with E-state index in [1.54, 1.807) is 6.07 Å². The van der Waals surface area contributed by atoms with Crippen molar-refractivity contribution in [1.29, 1.82) is 0 Å². The fraction of sp³-hybridized carbons (Fsp3) is 0.579. The zero-order valence-electron chi connectivity index (χ0n) is 15.7. The first kappa shape index (κ1) is 19.6. The molecule has 1 aliphatic heterocycles. The van der Waals surface area contributed by atoms with Gasteiger partial charge in [0, 0.05) is 42.5 Å². The van der Waals surface area contributed by atoms with Crippen LogP contribution in [0.4, 0.5) is 11.4 Å². The van der Waals surface area contributed by atoms with Gasteiger partial charge in [0.15, 0.2) is 0 Å². The summed E-state index contributed by atoms with van der Waals surface area (Å²) in [6, 6.07) is 5.54. The number of benzene rings is 1. The van der Waals surface area contributed by atoms with Gasteiger partial charge in [0.1, 0.15) is 0 Å². The van der Waals surface area contributed by atoms with E-state index >= 15 is 0 Å². The summed E-state index contributed by atoms with van der Waals surface area (Å²) in [6.07, 6.45) is 0. The molecule has 1 aromatic rings. The van der Waals surface area contributed by atoms with Crippen LogP contribution in [-0.2, 0) is 9.59 Å². The second-order valence-electron chi connectivity index (χ2n) is 7.83.